The summed E-state index contributed by atoms with van der Waals surface area (Å²) in [4.78, 5) is 16.6. The minimum absolute atomic E-state index is 0.233. The van der Waals surface area contributed by atoms with E-state index in [0.717, 1.165) is 30.2 Å². The molecule has 0 spiro atoms. The van der Waals surface area contributed by atoms with Gasteiger partial charge in [-0.1, -0.05) is 0 Å². The Kier molecular flexibility index (Phi) is 5.43. The molecular weight excluding hydrogens is 312 g/mol. The van der Waals surface area contributed by atoms with Gasteiger partial charge in [-0.2, -0.15) is 0 Å². The van der Waals surface area contributed by atoms with Crippen LogP contribution in [0.2, 0.25) is 0 Å². The molecule has 1 fully saturated rings. The highest BCUT2D eigenvalue weighted by Gasteiger charge is 2.11. The largest absolute Gasteiger partial charge is 0.378 e. The highest BCUT2D eigenvalue weighted by molar-refractivity contribution is 5.99. The van der Waals surface area contributed by atoms with Crippen molar-refractivity contribution < 1.29 is 4.79 Å². The van der Waals surface area contributed by atoms with Gasteiger partial charge in [0, 0.05) is 49.9 Å². The van der Waals surface area contributed by atoms with Crippen molar-refractivity contribution in [3.8, 4) is 0 Å². The van der Waals surface area contributed by atoms with Gasteiger partial charge in [0.05, 0.1) is 0 Å². The van der Waals surface area contributed by atoms with Gasteiger partial charge in [0.2, 0.25) is 0 Å². The molecule has 0 unspecified atom stereocenters. The Morgan fingerprint density at radius 1 is 0.840 bits per heavy atom. The topological polar surface area (TPSA) is 47.6 Å². The third-order valence-electron chi connectivity index (χ3n) is 4.49. The van der Waals surface area contributed by atoms with Gasteiger partial charge in [-0.25, -0.2) is 4.79 Å². The zero-order valence-electron chi connectivity index (χ0n) is 15.0. The maximum atomic E-state index is 12.1. The van der Waals surface area contributed by atoms with Crippen molar-refractivity contribution in [1.82, 2.24) is 0 Å². The molecule has 1 aliphatic heterocycles. The number of urea groups is 1. The fourth-order valence-electron chi connectivity index (χ4n) is 3.04. The third-order valence-corrected chi connectivity index (χ3v) is 4.49. The molecule has 3 rings (SSSR count). The van der Waals surface area contributed by atoms with Crippen molar-refractivity contribution in [1.29, 1.82) is 0 Å². The second kappa shape index (κ2) is 7.92. The lowest BCUT2D eigenvalue weighted by Gasteiger charge is -2.28. The minimum Gasteiger partial charge on any atom is -0.378 e. The average molecular weight is 338 g/mol. The van der Waals surface area contributed by atoms with Gasteiger partial charge in [0.1, 0.15) is 0 Å². The Hall–Kier alpha value is -2.69. The molecule has 0 atom stereocenters. The van der Waals surface area contributed by atoms with E-state index >= 15 is 0 Å². The molecule has 25 heavy (non-hydrogen) atoms. The summed E-state index contributed by atoms with van der Waals surface area (Å²) < 4.78 is 0. The van der Waals surface area contributed by atoms with Crippen LogP contribution in [-0.2, 0) is 0 Å². The molecule has 0 bridgehead atoms. The van der Waals surface area contributed by atoms with Gasteiger partial charge < -0.3 is 20.4 Å². The van der Waals surface area contributed by atoms with Gasteiger partial charge in [-0.05, 0) is 67.8 Å². The van der Waals surface area contributed by atoms with Crippen LogP contribution in [0.1, 0.15) is 19.3 Å². The fraction of sp³-hybridized carbons (Fsp3) is 0.350. The number of hydrogen-bond donors (Lipinski definition) is 2. The molecule has 5 heteroatoms. The van der Waals surface area contributed by atoms with Crippen LogP contribution in [0.15, 0.2) is 48.5 Å². The van der Waals surface area contributed by atoms with E-state index < -0.39 is 0 Å². The zero-order valence-corrected chi connectivity index (χ0v) is 15.0. The van der Waals surface area contributed by atoms with Gasteiger partial charge in [0.15, 0.2) is 0 Å². The monoisotopic (exact) mass is 338 g/mol. The first-order valence-electron chi connectivity index (χ1n) is 8.82. The van der Waals surface area contributed by atoms with Crippen molar-refractivity contribution in [2.24, 2.45) is 0 Å². The summed E-state index contributed by atoms with van der Waals surface area (Å²) in [5.74, 6) is 0. The number of benzene rings is 2. The Morgan fingerprint density at radius 2 is 1.36 bits per heavy atom. The Bertz CT molecular complexity index is 689. The molecule has 5 nitrogen and oxygen atoms in total. The smallest absolute Gasteiger partial charge is 0.323 e. The van der Waals surface area contributed by atoms with Crippen LogP contribution in [0.5, 0.6) is 0 Å². The number of nitrogens with one attached hydrogen (secondary N) is 2. The maximum Gasteiger partial charge on any atom is 0.323 e. The lowest BCUT2D eigenvalue weighted by molar-refractivity contribution is 0.262. The van der Waals surface area contributed by atoms with Crippen LogP contribution in [0.3, 0.4) is 0 Å². The summed E-state index contributed by atoms with van der Waals surface area (Å²) in [5, 5.41) is 5.73. The fourth-order valence-corrected chi connectivity index (χ4v) is 3.04. The zero-order chi connectivity index (χ0) is 17.6. The van der Waals surface area contributed by atoms with E-state index in [0.29, 0.717) is 0 Å². The van der Waals surface area contributed by atoms with E-state index in [9.17, 15) is 4.79 Å². The summed E-state index contributed by atoms with van der Waals surface area (Å²) in [5.41, 5.74) is 3.89. The van der Waals surface area contributed by atoms with E-state index in [-0.39, 0.29) is 6.03 Å². The molecule has 2 N–H and O–H groups in total. The van der Waals surface area contributed by atoms with Crippen molar-refractivity contribution in [3.05, 3.63) is 48.5 Å². The van der Waals surface area contributed by atoms with Crippen molar-refractivity contribution >= 4 is 28.8 Å². The number of carbonyl (C=O) groups excluding carboxylic acids is 1. The first-order chi connectivity index (χ1) is 12.1. The number of hydrogen-bond acceptors (Lipinski definition) is 3. The van der Waals surface area contributed by atoms with E-state index in [2.05, 4.69) is 27.7 Å². The van der Waals surface area contributed by atoms with Crippen molar-refractivity contribution in [2.75, 3.05) is 47.6 Å². The lowest BCUT2D eigenvalue weighted by Crippen LogP contribution is -2.29. The highest BCUT2D eigenvalue weighted by atomic mass is 16.2. The molecule has 0 radical (unpaired) electrons. The van der Waals surface area contributed by atoms with Crippen LogP contribution >= 0.6 is 0 Å². The summed E-state index contributed by atoms with van der Waals surface area (Å²) in [6, 6.07) is 15.6. The van der Waals surface area contributed by atoms with Crippen molar-refractivity contribution in [2.45, 2.75) is 19.3 Å². The number of carbonyl (C=O) groups is 1. The van der Waals surface area contributed by atoms with Crippen molar-refractivity contribution in [3.63, 3.8) is 0 Å². The molecule has 2 amide bonds. The van der Waals surface area contributed by atoms with E-state index in [1.165, 1.54) is 24.9 Å². The Morgan fingerprint density at radius 3 is 1.88 bits per heavy atom. The molecular formula is C20H26N4O. The van der Waals surface area contributed by atoms with Crippen LogP contribution in [-0.4, -0.2) is 33.2 Å². The summed E-state index contributed by atoms with van der Waals surface area (Å²) in [6.07, 6.45) is 3.84. The molecule has 0 saturated carbocycles. The normalized spacial score (nSPS) is 14.1. The average Bonchev–Trinajstić information content (AvgIpc) is 2.63. The van der Waals surface area contributed by atoms with Crippen LogP contribution in [0.4, 0.5) is 27.5 Å². The van der Waals surface area contributed by atoms with Gasteiger partial charge in [0.25, 0.3) is 0 Å². The Labute approximate surface area is 149 Å². The number of anilines is 4. The standard InChI is InChI=1S/C20H26N4O/c1-23(2)18-10-6-16(7-11-18)21-20(25)22-17-8-12-19(13-9-17)24-14-4-3-5-15-24/h6-13H,3-5,14-15H2,1-2H3,(H2,21,22,25). The summed E-state index contributed by atoms with van der Waals surface area (Å²) in [6.45, 7) is 2.24. The molecule has 1 aliphatic rings. The van der Waals surface area contributed by atoms with Crippen LogP contribution < -0.4 is 20.4 Å². The molecule has 2 aromatic carbocycles. The van der Waals surface area contributed by atoms with Gasteiger partial charge in [-0.15, -0.1) is 0 Å². The third kappa shape index (κ3) is 4.66. The highest BCUT2D eigenvalue weighted by Crippen LogP contribution is 2.22. The van der Waals surface area contributed by atoms with Crippen LogP contribution in [0, 0.1) is 0 Å². The molecule has 0 aliphatic carbocycles. The quantitative estimate of drug-likeness (QED) is 0.869. The van der Waals surface area contributed by atoms with Gasteiger partial charge in [-0.3, -0.25) is 0 Å². The predicted molar refractivity (Wildman–Crippen MR) is 106 cm³/mol. The summed E-state index contributed by atoms with van der Waals surface area (Å²) >= 11 is 0. The van der Waals surface area contributed by atoms with E-state index in [4.69, 9.17) is 0 Å². The molecule has 0 aromatic heterocycles. The molecule has 2 aromatic rings. The number of nitrogens with zero attached hydrogens (tertiary/aromatic N) is 2. The predicted octanol–water partition coefficient (Wildman–Crippen LogP) is 4.39. The number of amides is 2. The van der Waals surface area contributed by atoms with E-state index in [1.54, 1.807) is 0 Å². The molecule has 1 saturated heterocycles. The summed E-state index contributed by atoms with van der Waals surface area (Å²) in [7, 11) is 3.98. The molecule has 132 valence electrons. The minimum atomic E-state index is -0.233. The SMILES string of the molecule is CN(C)c1ccc(NC(=O)Nc2ccc(N3CCCCC3)cc2)cc1. The maximum absolute atomic E-state index is 12.1. The first kappa shape index (κ1) is 17.1. The van der Waals surface area contributed by atoms with Crippen LogP contribution in [0.25, 0.3) is 0 Å². The first-order valence-corrected chi connectivity index (χ1v) is 8.82. The second-order valence-electron chi connectivity index (χ2n) is 6.62. The number of rotatable bonds is 4. The van der Waals surface area contributed by atoms with Gasteiger partial charge >= 0.3 is 6.03 Å². The van der Waals surface area contributed by atoms with E-state index in [1.807, 2.05) is 55.4 Å². The second-order valence-corrected chi connectivity index (χ2v) is 6.62. The lowest BCUT2D eigenvalue weighted by atomic mass is 10.1. The number of piperidine rings is 1. The Balaban J connectivity index is 1.55. The molecule has 1 heterocycles.